The molecule has 1 atom stereocenters. The van der Waals surface area contributed by atoms with Crippen molar-refractivity contribution in [3.63, 3.8) is 0 Å². The van der Waals surface area contributed by atoms with E-state index in [0.29, 0.717) is 0 Å². The Kier molecular flexibility index (Phi) is 6.12. The van der Waals surface area contributed by atoms with Crippen molar-refractivity contribution in [2.75, 3.05) is 52.9 Å². The molecule has 1 aromatic rings. The number of thiophene rings is 1. The van der Waals surface area contributed by atoms with Gasteiger partial charge in [-0.15, -0.1) is 11.3 Å². The summed E-state index contributed by atoms with van der Waals surface area (Å²) in [6.07, 6.45) is 6.68. The highest BCUT2D eigenvalue weighted by Gasteiger charge is 2.30. The molecule has 3 aliphatic heterocycles. The molecule has 0 saturated carbocycles. The van der Waals surface area contributed by atoms with Gasteiger partial charge in [0.15, 0.2) is 5.96 Å². The molecule has 144 valence electrons. The normalized spacial score (nSPS) is 25.5. The van der Waals surface area contributed by atoms with Gasteiger partial charge in [0.2, 0.25) is 0 Å². The SMILES string of the molecule is CN=C(NCCN1CCc2sccc2C1)N1CCC(N2CCCCC2)C1. The van der Waals surface area contributed by atoms with Crippen molar-refractivity contribution in [2.24, 2.45) is 4.99 Å². The number of guanidine groups is 1. The fraction of sp³-hybridized carbons (Fsp3) is 0.750. The van der Waals surface area contributed by atoms with E-state index in [1.807, 2.05) is 18.4 Å². The topological polar surface area (TPSA) is 34.1 Å². The zero-order valence-electron chi connectivity index (χ0n) is 16.1. The monoisotopic (exact) mass is 375 g/mol. The summed E-state index contributed by atoms with van der Waals surface area (Å²) in [6.45, 7) is 9.25. The molecule has 0 aliphatic carbocycles. The summed E-state index contributed by atoms with van der Waals surface area (Å²) in [5.74, 6) is 1.10. The van der Waals surface area contributed by atoms with Crippen molar-refractivity contribution < 1.29 is 0 Å². The molecule has 2 fully saturated rings. The average Bonchev–Trinajstić information content (AvgIpc) is 3.35. The Morgan fingerprint density at radius 2 is 2.12 bits per heavy atom. The van der Waals surface area contributed by atoms with Crippen molar-refractivity contribution in [3.05, 3.63) is 21.9 Å². The second kappa shape index (κ2) is 8.72. The summed E-state index contributed by atoms with van der Waals surface area (Å²) in [4.78, 5) is 13.9. The summed E-state index contributed by atoms with van der Waals surface area (Å²) in [7, 11) is 1.93. The largest absolute Gasteiger partial charge is 0.355 e. The Morgan fingerprint density at radius 3 is 2.96 bits per heavy atom. The summed E-state index contributed by atoms with van der Waals surface area (Å²) < 4.78 is 0. The van der Waals surface area contributed by atoms with Gasteiger partial charge in [0.05, 0.1) is 0 Å². The Hall–Kier alpha value is -1.11. The van der Waals surface area contributed by atoms with Gasteiger partial charge in [0.25, 0.3) is 0 Å². The number of aliphatic imine (C=N–C) groups is 1. The number of fused-ring (bicyclic) bond motifs is 1. The zero-order valence-corrected chi connectivity index (χ0v) is 16.9. The molecule has 0 bridgehead atoms. The lowest BCUT2D eigenvalue weighted by molar-refractivity contribution is 0.168. The molecule has 0 radical (unpaired) electrons. The molecular formula is C20H33N5S. The Bertz CT molecular complexity index is 607. The number of nitrogens with one attached hydrogen (secondary N) is 1. The van der Waals surface area contributed by atoms with Crippen LogP contribution in [0.2, 0.25) is 0 Å². The first-order valence-electron chi connectivity index (χ1n) is 10.3. The van der Waals surface area contributed by atoms with Gasteiger partial charge in [0.1, 0.15) is 0 Å². The third-order valence-electron chi connectivity index (χ3n) is 6.18. The van der Waals surface area contributed by atoms with Gasteiger partial charge >= 0.3 is 0 Å². The minimum Gasteiger partial charge on any atom is -0.355 e. The first-order valence-corrected chi connectivity index (χ1v) is 11.2. The summed E-state index contributed by atoms with van der Waals surface area (Å²) in [6, 6.07) is 3.02. The van der Waals surface area contributed by atoms with Crippen LogP contribution in [0.15, 0.2) is 16.4 Å². The lowest BCUT2D eigenvalue weighted by atomic mass is 10.1. The van der Waals surface area contributed by atoms with E-state index in [-0.39, 0.29) is 0 Å². The fourth-order valence-electron chi connectivity index (χ4n) is 4.67. The number of hydrogen-bond acceptors (Lipinski definition) is 4. The van der Waals surface area contributed by atoms with Crippen LogP contribution >= 0.6 is 11.3 Å². The molecule has 1 aromatic heterocycles. The van der Waals surface area contributed by atoms with Crippen LogP contribution < -0.4 is 5.32 Å². The van der Waals surface area contributed by atoms with Crippen LogP contribution in [-0.2, 0) is 13.0 Å². The fourth-order valence-corrected chi connectivity index (χ4v) is 5.56. The van der Waals surface area contributed by atoms with E-state index in [1.54, 1.807) is 4.88 Å². The smallest absolute Gasteiger partial charge is 0.193 e. The molecule has 1 N–H and O–H groups in total. The van der Waals surface area contributed by atoms with Crippen molar-refractivity contribution in [3.8, 4) is 0 Å². The van der Waals surface area contributed by atoms with E-state index in [4.69, 9.17) is 0 Å². The standard InChI is InChI=1S/C20H33N5S/c1-21-20(25-12-5-18(16-25)24-9-3-2-4-10-24)22-8-13-23-11-6-19-17(15-23)7-14-26-19/h7,14,18H,2-6,8-13,15-16H2,1H3,(H,21,22). The van der Waals surface area contributed by atoms with Crippen LogP contribution in [0.5, 0.6) is 0 Å². The van der Waals surface area contributed by atoms with E-state index >= 15 is 0 Å². The molecule has 4 rings (SSSR count). The van der Waals surface area contributed by atoms with Gasteiger partial charge in [0, 0.05) is 57.2 Å². The summed E-state index contributed by atoms with van der Waals surface area (Å²) >= 11 is 1.92. The van der Waals surface area contributed by atoms with Crippen molar-refractivity contribution >= 4 is 17.3 Å². The Balaban J connectivity index is 1.21. The van der Waals surface area contributed by atoms with Crippen LogP contribution in [0.4, 0.5) is 0 Å². The Labute approximate surface area is 162 Å². The van der Waals surface area contributed by atoms with E-state index in [1.165, 1.54) is 57.3 Å². The maximum Gasteiger partial charge on any atom is 0.193 e. The molecule has 4 heterocycles. The number of piperidine rings is 1. The molecule has 3 aliphatic rings. The van der Waals surface area contributed by atoms with Crippen molar-refractivity contribution in [2.45, 2.75) is 44.7 Å². The average molecular weight is 376 g/mol. The Morgan fingerprint density at radius 1 is 1.23 bits per heavy atom. The summed E-state index contributed by atoms with van der Waals surface area (Å²) in [5.41, 5.74) is 1.54. The predicted molar refractivity (Wildman–Crippen MR) is 110 cm³/mol. The molecule has 0 aromatic carbocycles. The predicted octanol–water partition coefficient (Wildman–Crippen LogP) is 2.24. The zero-order chi connectivity index (χ0) is 17.8. The molecule has 2 saturated heterocycles. The van der Waals surface area contributed by atoms with Gasteiger partial charge in [-0.05, 0) is 55.8 Å². The lowest BCUT2D eigenvalue weighted by Crippen LogP contribution is -2.46. The first-order chi connectivity index (χ1) is 12.8. The van der Waals surface area contributed by atoms with Gasteiger partial charge in [-0.3, -0.25) is 14.8 Å². The minimum absolute atomic E-state index is 0.730. The highest BCUT2D eigenvalue weighted by Crippen LogP contribution is 2.23. The molecule has 0 amide bonds. The second-order valence-corrected chi connectivity index (χ2v) is 8.85. The molecule has 6 heteroatoms. The third kappa shape index (κ3) is 4.24. The van der Waals surface area contributed by atoms with Crippen LogP contribution in [0.25, 0.3) is 0 Å². The van der Waals surface area contributed by atoms with E-state index in [0.717, 1.165) is 44.7 Å². The summed E-state index contributed by atoms with van der Waals surface area (Å²) in [5, 5.41) is 5.85. The highest BCUT2D eigenvalue weighted by atomic mass is 32.1. The van der Waals surface area contributed by atoms with Crippen LogP contribution in [0.1, 0.15) is 36.1 Å². The van der Waals surface area contributed by atoms with Gasteiger partial charge in [-0.1, -0.05) is 6.42 Å². The maximum absolute atomic E-state index is 4.56. The van der Waals surface area contributed by atoms with Crippen LogP contribution in [0.3, 0.4) is 0 Å². The molecular weight excluding hydrogens is 342 g/mol. The quantitative estimate of drug-likeness (QED) is 0.646. The van der Waals surface area contributed by atoms with E-state index in [9.17, 15) is 0 Å². The number of likely N-dealkylation sites (tertiary alicyclic amines) is 2. The van der Waals surface area contributed by atoms with E-state index in [2.05, 4.69) is 36.5 Å². The van der Waals surface area contributed by atoms with Gasteiger partial charge in [-0.2, -0.15) is 0 Å². The third-order valence-corrected chi connectivity index (χ3v) is 7.20. The van der Waals surface area contributed by atoms with Gasteiger partial charge < -0.3 is 10.2 Å². The molecule has 5 nitrogen and oxygen atoms in total. The van der Waals surface area contributed by atoms with Gasteiger partial charge in [-0.25, -0.2) is 0 Å². The molecule has 1 unspecified atom stereocenters. The number of nitrogens with zero attached hydrogens (tertiary/aromatic N) is 4. The molecule has 0 spiro atoms. The maximum atomic E-state index is 4.56. The minimum atomic E-state index is 0.730. The van der Waals surface area contributed by atoms with Crippen LogP contribution in [-0.4, -0.2) is 79.6 Å². The highest BCUT2D eigenvalue weighted by molar-refractivity contribution is 7.10. The van der Waals surface area contributed by atoms with E-state index < -0.39 is 0 Å². The first kappa shape index (κ1) is 18.3. The number of rotatable bonds is 4. The molecule has 26 heavy (non-hydrogen) atoms. The van der Waals surface area contributed by atoms with Crippen molar-refractivity contribution in [1.29, 1.82) is 0 Å². The van der Waals surface area contributed by atoms with Crippen molar-refractivity contribution in [1.82, 2.24) is 20.0 Å². The van der Waals surface area contributed by atoms with Crippen LogP contribution in [0, 0.1) is 0 Å². The second-order valence-electron chi connectivity index (χ2n) is 7.85. The lowest BCUT2D eigenvalue weighted by Gasteiger charge is -2.32. The number of hydrogen-bond donors (Lipinski definition) is 1.